The number of rotatable bonds is 15. The Bertz CT molecular complexity index is 5280. The highest BCUT2D eigenvalue weighted by atomic mass is 35.5. The second-order valence-electron chi connectivity index (χ2n) is 28.0. The molecule has 1 N–H and O–H groups in total. The summed E-state index contributed by atoms with van der Waals surface area (Å²) in [7, 11) is -0.943. The summed E-state index contributed by atoms with van der Waals surface area (Å²) in [4.78, 5) is 57.4. The van der Waals surface area contributed by atoms with Crippen molar-refractivity contribution in [3.8, 4) is 0 Å². The fraction of sp³-hybridized carbons (Fsp3) is 0.347. The van der Waals surface area contributed by atoms with Gasteiger partial charge in [0.2, 0.25) is 25.8 Å². The number of imidazole rings is 3. The van der Waals surface area contributed by atoms with Crippen LogP contribution in [0.5, 0.6) is 0 Å². The average Bonchev–Trinajstić information content (AvgIpc) is 1.64. The molecule has 6 aliphatic rings. The minimum absolute atomic E-state index is 0.234. The molecule has 3 saturated heterocycles. The summed E-state index contributed by atoms with van der Waals surface area (Å²) < 4.78 is 62.1. The van der Waals surface area contributed by atoms with E-state index in [1.807, 2.05) is 144 Å². The number of nitrogens with zero attached hydrogens (tertiary/aromatic N) is 24. The SMILES string of the molecule is Cn1cncc1C(N=[N+]=[N-])C1=Cc2cccnc2[C@@H](N2CCN(C(=O)OC(C)(C)O)CC2)c2ccc(Cl)cc21.Cn1cncc1C(N=[N+]=[N-])C1=Cc2cccnc2[C@@H](N2CCN(S(C)(=O)=O)CC2)c2ccc(Cl)cc21.Cn1cncc1C(N=[N+]=[N-])C1=Cc2cccnc2[C@@H](N2CCN(S(C)(=O)=O)CC2)c2ccc(Cl)cc21. The van der Waals surface area contributed by atoms with Crippen molar-refractivity contribution < 1.29 is 31.5 Å². The smallest absolute Gasteiger partial charge is 0.412 e. The van der Waals surface area contributed by atoms with Crippen molar-refractivity contribution in [3.63, 3.8) is 0 Å². The van der Waals surface area contributed by atoms with Crippen LogP contribution in [-0.2, 0) is 45.9 Å². The van der Waals surface area contributed by atoms with Gasteiger partial charge in [-0.2, -0.15) is 8.61 Å². The molecule has 3 fully saturated rings. The Morgan fingerprint density at radius 1 is 0.495 bits per heavy atom. The number of ether oxygens (including phenoxy) is 1. The monoisotopic (exact) mass is 1600 g/mol. The van der Waals surface area contributed by atoms with Gasteiger partial charge in [-0.3, -0.25) is 29.7 Å². The number of carbonyl (C=O) groups excluding carboxylic acids is 1. The first-order valence-electron chi connectivity index (χ1n) is 35.4. The molecule has 1 amide bonds. The van der Waals surface area contributed by atoms with Gasteiger partial charge in [-0.25, -0.2) is 36.6 Å². The number of pyridine rings is 3. The number of carbonyl (C=O) groups is 1. The Morgan fingerprint density at radius 2 is 0.793 bits per heavy atom. The van der Waals surface area contributed by atoms with Crippen molar-refractivity contribution >= 4 is 95.9 Å². The molecular formula is C75H79Cl3N24O7S2. The summed E-state index contributed by atoms with van der Waals surface area (Å²) in [5, 5.41) is 24.1. The molecule has 0 saturated carbocycles. The standard InChI is InChI=1S/C27H29ClN8O3.2C24H25ClN8O2S/c1-27(2,38)39-26(37)36-11-9-35(10-12-36)25-19-7-6-18(28)14-20(19)21(13-17-5-4-8-31-23(17)25)24(32-33-29)22-15-30-16-34(22)3;2*1-31-15-27-14-21(31)23(29-30-26)20-12-16-4-3-7-28-22(16)24(18-6-5-17(25)13-19(18)20)32-8-10-33(11-9-32)36(2,34)35/h4-8,13-16,24-25,38H,9-12H2,1-3H3;2*3-7,12-15,23-24H,8-11H2,1-2H3/t24?,25-;2*23?,24-/m000/s1. The molecule has 6 atom stereocenters. The molecule has 36 heteroatoms. The van der Waals surface area contributed by atoms with Crippen molar-refractivity contribution in [3.05, 3.63) is 278 Å². The summed E-state index contributed by atoms with van der Waals surface area (Å²) in [6.45, 7) is 8.61. The van der Waals surface area contributed by atoms with Crippen molar-refractivity contribution in [1.82, 2.24) is 71.8 Å². The number of piperazine rings is 3. The normalized spacial score (nSPS) is 19.0. The molecule has 9 heterocycles. The number of hydrogen-bond donors (Lipinski definition) is 1. The van der Waals surface area contributed by atoms with Gasteiger partial charge >= 0.3 is 6.09 Å². The van der Waals surface area contributed by atoms with Gasteiger partial charge < -0.3 is 28.4 Å². The number of sulfonamides is 2. The van der Waals surface area contributed by atoms with E-state index in [-0.39, 0.29) is 18.1 Å². The molecule has 3 aliphatic carbocycles. The number of azide groups is 3. The maximum Gasteiger partial charge on any atom is 0.412 e. The van der Waals surface area contributed by atoms with Crippen LogP contribution >= 0.6 is 34.8 Å². The Hall–Kier alpha value is -10.3. The molecule has 0 spiro atoms. The zero-order valence-electron chi connectivity index (χ0n) is 61.6. The highest BCUT2D eigenvalue weighted by molar-refractivity contribution is 7.88. The van der Waals surface area contributed by atoms with Gasteiger partial charge in [-0.05, 0) is 156 Å². The van der Waals surface area contributed by atoms with Gasteiger partial charge in [-0.1, -0.05) is 86.5 Å². The van der Waals surface area contributed by atoms with Crippen LogP contribution in [0.25, 0.3) is 66.3 Å². The summed E-state index contributed by atoms with van der Waals surface area (Å²) in [6, 6.07) is 26.1. The molecule has 574 valence electrons. The van der Waals surface area contributed by atoms with Crippen LogP contribution in [-0.4, -0.2) is 197 Å². The van der Waals surface area contributed by atoms with Crippen LogP contribution in [0.2, 0.25) is 15.1 Å². The highest BCUT2D eigenvalue weighted by Crippen LogP contribution is 2.50. The summed E-state index contributed by atoms with van der Waals surface area (Å²) in [5.74, 6) is -1.55. The maximum absolute atomic E-state index is 12.5. The fourth-order valence-electron chi connectivity index (χ4n) is 15.3. The van der Waals surface area contributed by atoms with Crippen molar-refractivity contribution in [2.45, 2.75) is 55.9 Å². The summed E-state index contributed by atoms with van der Waals surface area (Å²) in [6.07, 6.45) is 23.4. The highest BCUT2D eigenvalue weighted by Gasteiger charge is 2.41. The lowest BCUT2D eigenvalue weighted by Gasteiger charge is -2.40. The summed E-state index contributed by atoms with van der Waals surface area (Å²) >= 11 is 19.5. The van der Waals surface area contributed by atoms with E-state index in [2.05, 4.69) is 59.7 Å². The molecule has 0 bridgehead atoms. The third-order valence-electron chi connectivity index (χ3n) is 20.5. The van der Waals surface area contributed by atoms with E-state index in [9.17, 15) is 43.3 Å². The molecule has 3 unspecified atom stereocenters. The lowest BCUT2D eigenvalue weighted by molar-refractivity contribution is -0.140. The molecule has 0 radical (unpaired) electrons. The van der Waals surface area contributed by atoms with E-state index < -0.39 is 50.1 Å². The second kappa shape index (κ2) is 33.3. The number of aromatic nitrogens is 9. The third kappa shape index (κ3) is 17.1. The fourth-order valence-corrected chi connectivity index (χ4v) is 17.4. The van der Waals surface area contributed by atoms with Gasteiger partial charge in [0.25, 0.3) is 0 Å². The van der Waals surface area contributed by atoms with Crippen LogP contribution in [0.15, 0.2) is 163 Å². The van der Waals surface area contributed by atoms with E-state index in [4.69, 9.17) is 54.5 Å². The number of fused-ring (bicyclic) bond motifs is 6. The average molecular weight is 1600 g/mol. The quantitative estimate of drug-likeness (QED) is 0.0431. The molecule has 3 aliphatic heterocycles. The predicted octanol–water partition coefficient (Wildman–Crippen LogP) is 13.0. The van der Waals surface area contributed by atoms with Crippen molar-refractivity contribution in [2.24, 2.45) is 36.5 Å². The van der Waals surface area contributed by atoms with Crippen molar-refractivity contribution in [1.29, 1.82) is 0 Å². The van der Waals surface area contributed by atoms with Gasteiger partial charge in [0.05, 0.1) is 83.8 Å². The predicted molar refractivity (Wildman–Crippen MR) is 423 cm³/mol. The van der Waals surface area contributed by atoms with Gasteiger partial charge in [-0.15, -0.1) is 0 Å². The molecule has 9 aromatic rings. The van der Waals surface area contributed by atoms with E-state index in [0.29, 0.717) is 93.6 Å². The number of aliphatic hydroxyl groups is 1. The topological polar surface area (TPSA) is 373 Å². The lowest BCUT2D eigenvalue weighted by Crippen LogP contribution is -2.51. The Morgan fingerprint density at radius 3 is 1.05 bits per heavy atom. The van der Waals surface area contributed by atoms with Crippen LogP contribution in [0.3, 0.4) is 0 Å². The zero-order valence-corrected chi connectivity index (χ0v) is 65.5. The Labute approximate surface area is 656 Å². The molecule has 3 aromatic carbocycles. The largest absolute Gasteiger partial charge is 0.418 e. The Kier molecular flexibility index (Phi) is 23.7. The number of hydrogen-bond acceptors (Lipinski definition) is 19. The second-order valence-corrected chi connectivity index (χ2v) is 33.3. The van der Waals surface area contributed by atoms with E-state index in [1.54, 1.807) is 61.1 Å². The molecule has 6 aromatic heterocycles. The first kappa shape index (κ1) is 78.8. The van der Waals surface area contributed by atoms with E-state index in [1.165, 1.54) is 35.0 Å². The zero-order chi connectivity index (χ0) is 78.6. The van der Waals surface area contributed by atoms with E-state index in [0.717, 1.165) is 101 Å². The van der Waals surface area contributed by atoms with Crippen LogP contribution in [0.4, 0.5) is 4.79 Å². The molecular weight excluding hydrogens is 1520 g/mol. The Balaban J connectivity index is 0.000000146. The minimum Gasteiger partial charge on any atom is -0.418 e. The maximum atomic E-state index is 12.5. The first-order chi connectivity index (χ1) is 53.2. The third-order valence-corrected chi connectivity index (χ3v) is 23.8. The van der Waals surface area contributed by atoms with Crippen LogP contribution < -0.4 is 0 Å². The van der Waals surface area contributed by atoms with Crippen LogP contribution in [0, 0.1) is 0 Å². The minimum atomic E-state index is -3.26. The number of benzene rings is 3. The summed E-state index contributed by atoms with van der Waals surface area (Å²) in [5.41, 5.74) is 43.8. The molecule has 15 rings (SSSR count). The van der Waals surface area contributed by atoms with Crippen molar-refractivity contribution in [2.75, 3.05) is 91.0 Å². The lowest BCUT2D eigenvalue weighted by atomic mass is 9.90. The molecule has 111 heavy (non-hydrogen) atoms. The van der Waals surface area contributed by atoms with Gasteiger partial charge in [0.15, 0.2) is 0 Å². The number of amides is 1. The van der Waals surface area contributed by atoms with Gasteiger partial charge in [0.1, 0.15) is 18.1 Å². The number of halogens is 3. The first-order valence-corrected chi connectivity index (χ1v) is 40.3. The van der Waals surface area contributed by atoms with Crippen LogP contribution in [0.1, 0.15) is 134 Å². The van der Waals surface area contributed by atoms with Gasteiger partial charge in [0, 0.05) is 181 Å². The van der Waals surface area contributed by atoms with E-state index >= 15 is 0 Å². The molecule has 31 nitrogen and oxygen atoms in total. The number of aryl methyl sites for hydroxylation is 3.